The number of rotatable bonds is 4. The summed E-state index contributed by atoms with van der Waals surface area (Å²) in [6, 6.07) is 8.79. The number of nitrogens with zero attached hydrogens (tertiary/aromatic N) is 1. The van der Waals surface area contributed by atoms with Crippen molar-refractivity contribution in [2.24, 2.45) is 0 Å². The second kappa shape index (κ2) is 6.60. The molecule has 3 amide bonds. The zero-order valence-electron chi connectivity index (χ0n) is 12.6. The minimum Gasteiger partial charge on any atom is -0.347 e. The Balaban J connectivity index is 1.74. The van der Waals surface area contributed by atoms with Crippen LogP contribution in [0.5, 0.6) is 0 Å². The van der Waals surface area contributed by atoms with Crippen molar-refractivity contribution in [2.75, 3.05) is 18.0 Å². The van der Waals surface area contributed by atoms with Gasteiger partial charge in [0, 0.05) is 28.4 Å². The molecule has 1 fully saturated rings. The first-order chi connectivity index (χ1) is 11.0. The zero-order valence-corrected chi connectivity index (χ0v) is 14.1. The lowest BCUT2D eigenvalue weighted by molar-refractivity contribution is 0.0951. The van der Waals surface area contributed by atoms with Crippen molar-refractivity contribution in [3.8, 4) is 0 Å². The fourth-order valence-electron chi connectivity index (χ4n) is 2.41. The van der Waals surface area contributed by atoms with Gasteiger partial charge in [-0.1, -0.05) is 11.6 Å². The third kappa shape index (κ3) is 3.48. The van der Waals surface area contributed by atoms with Crippen molar-refractivity contribution < 1.29 is 9.59 Å². The van der Waals surface area contributed by atoms with E-state index in [1.54, 1.807) is 34.4 Å². The number of urea groups is 1. The molecular formula is C16H16ClN3O2S. The molecule has 1 aromatic carbocycles. The fourth-order valence-corrected chi connectivity index (χ4v) is 3.46. The van der Waals surface area contributed by atoms with Crippen molar-refractivity contribution in [3.05, 3.63) is 50.7 Å². The standard InChI is InChI=1S/C16H16ClN3O2S/c1-10-2-4-12(23-10)9-19-15(21)11-3-5-13(17)14(8-11)20-7-6-18-16(20)22/h2-5,8H,6-7,9H2,1H3,(H,18,22)(H,19,21). The van der Waals surface area contributed by atoms with Gasteiger partial charge in [0.25, 0.3) is 5.91 Å². The summed E-state index contributed by atoms with van der Waals surface area (Å²) in [7, 11) is 0. The third-order valence-corrected chi connectivity index (χ3v) is 4.90. The highest BCUT2D eigenvalue weighted by Crippen LogP contribution is 2.28. The minimum atomic E-state index is -0.196. The average Bonchev–Trinajstić information content (AvgIpc) is 3.14. The molecule has 0 aliphatic carbocycles. The summed E-state index contributed by atoms with van der Waals surface area (Å²) in [5, 5.41) is 6.06. The molecule has 0 radical (unpaired) electrons. The lowest BCUT2D eigenvalue weighted by Crippen LogP contribution is -2.28. The largest absolute Gasteiger partial charge is 0.347 e. The first-order valence-corrected chi connectivity index (χ1v) is 8.42. The summed E-state index contributed by atoms with van der Waals surface area (Å²) in [5.41, 5.74) is 1.04. The molecule has 3 rings (SSSR count). The predicted octanol–water partition coefficient (Wildman–Crippen LogP) is 3.17. The van der Waals surface area contributed by atoms with Crippen molar-refractivity contribution in [2.45, 2.75) is 13.5 Å². The molecular weight excluding hydrogens is 334 g/mol. The van der Waals surface area contributed by atoms with Gasteiger partial charge in [0.05, 0.1) is 17.3 Å². The van der Waals surface area contributed by atoms with E-state index in [4.69, 9.17) is 11.6 Å². The molecule has 23 heavy (non-hydrogen) atoms. The summed E-state index contributed by atoms with van der Waals surface area (Å²) in [6.07, 6.45) is 0. The van der Waals surface area contributed by atoms with Crippen LogP contribution in [-0.2, 0) is 6.54 Å². The van der Waals surface area contributed by atoms with Crippen LogP contribution in [0.2, 0.25) is 5.02 Å². The number of carbonyl (C=O) groups excluding carboxylic acids is 2. The number of anilines is 1. The molecule has 2 N–H and O–H groups in total. The molecule has 2 heterocycles. The Morgan fingerprint density at radius 3 is 2.87 bits per heavy atom. The normalized spacial score (nSPS) is 14.0. The number of amides is 3. The van der Waals surface area contributed by atoms with E-state index < -0.39 is 0 Å². The maximum absolute atomic E-state index is 12.3. The van der Waals surface area contributed by atoms with Crippen LogP contribution in [0.3, 0.4) is 0 Å². The van der Waals surface area contributed by atoms with Crippen molar-refractivity contribution in [1.82, 2.24) is 10.6 Å². The van der Waals surface area contributed by atoms with Crippen LogP contribution >= 0.6 is 22.9 Å². The molecule has 1 aromatic heterocycles. The molecule has 2 aromatic rings. The first kappa shape index (κ1) is 15.8. The van der Waals surface area contributed by atoms with Crippen LogP contribution < -0.4 is 15.5 Å². The predicted molar refractivity (Wildman–Crippen MR) is 92.4 cm³/mol. The molecule has 0 bridgehead atoms. The van der Waals surface area contributed by atoms with E-state index in [-0.39, 0.29) is 11.9 Å². The van der Waals surface area contributed by atoms with Crippen LogP contribution in [0.1, 0.15) is 20.1 Å². The van der Waals surface area contributed by atoms with Crippen LogP contribution in [0.4, 0.5) is 10.5 Å². The lowest BCUT2D eigenvalue weighted by Gasteiger charge is -2.17. The molecule has 0 unspecified atom stereocenters. The Kier molecular flexibility index (Phi) is 4.54. The molecule has 1 aliphatic rings. The van der Waals surface area contributed by atoms with Crippen LogP contribution in [0.15, 0.2) is 30.3 Å². The molecule has 0 atom stereocenters. The van der Waals surface area contributed by atoms with E-state index in [1.807, 2.05) is 19.1 Å². The summed E-state index contributed by atoms with van der Waals surface area (Å²) in [5.74, 6) is -0.187. The first-order valence-electron chi connectivity index (χ1n) is 7.23. The van der Waals surface area contributed by atoms with Crippen molar-refractivity contribution >= 4 is 40.6 Å². The minimum absolute atomic E-state index is 0.187. The van der Waals surface area contributed by atoms with E-state index in [9.17, 15) is 9.59 Å². The Morgan fingerprint density at radius 1 is 1.39 bits per heavy atom. The number of hydrogen-bond donors (Lipinski definition) is 2. The van der Waals surface area contributed by atoms with E-state index in [2.05, 4.69) is 10.6 Å². The Hall–Kier alpha value is -2.05. The lowest BCUT2D eigenvalue weighted by atomic mass is 10.1. The molecule has 120 valence electrons. The number of nitrogens with one attached hydrogen (secondary N) is 2. The van der Waals surface area contributed by atoms with Gasteiger partial charge in [-0.3, -0.25) is 9.69 Å². The highest BCUT2D eigenvalue weighted by molar-refractivity contribution is 7.11. The van der Waals surface area contributed by atoms with Gasteiger partial charge < -0.3 is 10.6 Å². The van der Waals surface area contributed by atoms with E-state index >= 15 is 0 Å². The molecule has 7 heteroatoms. The second-order valence-electron chi connectivity index (χ2n) is 5.24. The van der Waals surface area contributed by atoms with E-state index in [1.165, 1.54) is 4.88 Å². The second-order valence-corrected chi connectivity index (χ2v) is 7.02. The molecule has 1 saturated heterocycles. The van der Waals surface area contributed by atoms with Crippen LogP contribution in [0, 0.1) is 6.92 Å². The number of carbonyl (C=O) groups is 2. The SMILES string of the molecule is Cc1ccc(CNC(=O)c2ccc(Cl)c(N3CCNC3=O)c2)s1. The molecule has 1 aliphatic heterocycles. The number of aryl methyl sites for hydroxylation is 1. The Labute approximate surface area is 143 Å². The van der Waals surface area contributed by atoms with Crippen molar-refractivity contribution in [1.29, 1.82) is 0 Å². The van der Waals surface area contributed by atoms with Gasteiger partial charge in [0.1, 0.15) is 0 Å². The molecule has 0 spiro atoms. The number of benzene rings is 1. The highest BCUT2D eigenvalue weighted by atomic mass is 35.5. The molecule has 0 saturated carbocycles. The highest BCUT2D eigenvalue weighted by Gasteiger charge is 2.24. The maximum Gasteiger partial charge on any atom is 0.322 e. The number of thiophene rings is 1. The quantitative estimate of drug-likeness (QED) is 0.890. The summed E-state index contributed by atoms with van der Waals surface area (Å²) in [6.45, 7) is 3.63. The number of halogens is 1. The Bertz CT molecular complexity index is 760. The van der Waals surface area contributed by atoms with Gasteiger partial charge in [-0.05, 0) is 37.3 Å². The van der Waals surface area contributed by atoms with E-state index in [0.29, 0.717) is 35.9 Å². The van der Waals surface area contributed by atoms with Crippen molar-refractivity contribution in [3.63, 3.8) is 0 Å². The van der Waals surface area contributed by atoms with Gasteiger partial charge in [-0.2, -0.15) is 0 Å². The monoisotopic (exact) mass is 349 g/mol. The number of hydrogen-bond acceptors (Lipinski definition) is 3. The average molecular weight is 350 g/mol. The van der Waals surface area contributed by atoms with Crippen LogP contribution in [0.25, 0.3) is 0 Å². The van der Waals surface area contributed by atoms with Gasteiger partial charge in [0.15, 0.2) is 0 Å². The van der Waals surface area contributed by atoms with Gasteiger partial charge in [-0.25, -0.2) is 4.79 Å². The topological polar surface area (TPSA) is 61.4 Å². The summed E-state index contributed by atoms with van der Waals surface area (Å²) >= 11 is 7.82. The van der Waals surface area contributed by atoms with Gasteiger partial charge in [0.2, 0.25) is 0 Å². The third-order valence-electron chi connectivity index (χ3n) is 3.58. The molecule has 5 nitrogen and oxygen atoms in total. The summed E-state index contributed by atoms with van der Waals surface area (Å²) in [4.78, 5) is 27.9. The van der Waals surface area contributed by atoms with E-state index in [0.717, 1.165) is 4.88 Å². The van der Waals surface area contributed by atoms with Gasteiger partial charge >= 0.3 is 6.03 Å². The van der Waals surface area contributed by atoms with Crippen LogP contribution in [-0.4, -0.2) is 25.0 Å². The summed E-state index contributed by atoms with van der Waals surface area (Å²) < 4.78 is 0. The smallest absolute Gasteiger partial charge is 0.322 e. The fraction of sp³-hybridized carbons (Fsp3) is 0.250. The van der Waals surface area contributed by atoms with Gasteiger partial charge in [-0.15, -0.1) is 11.3 Å². The zero-order chi connectivity index (χ0) is 16.4. The Morgan fingerprint density at radius 2 is 2.22 bits per heavy atom. The maximum atomic E-state index is 12.3.